The summed E-state index contributed by atoms with van der Waals surface area (Å²) in [5.74, 6) is 0.0441. The molecule has 2 N–H and O–H groups in total. The Bertz CT molecular complexity index is 544. The number of rotatable bonds is 3. The fraction of sp³-hybridized carbons (Fsp3) is 0.133. The van der Waals surface area contributed by atoms with Gasteiger partial charge in [-0.3, -0.25) is 4.79 Å². The van der Waals surface area contributed by atoms with Gasteiger partial charge < -0.3 is 5.73 Å². The summed E-state index contributed by atoms with van der Waals surface area (Å²) in [6.07, 6.45) is 0. The van der Waals surface area contributed by atoms with Crippen LogP contribution in [-0.2, 0) is 0 Å². The van der Waals surface area contributed by atoms with E-state index in [-0.39, 0.29) is 11.8 Å². The zero-order chi connectivity index (χ0) is 13.1. The number of ketones is 1. The number of halogens is 1. The van der Waals surface area contributed by atoms with E-state index in [1.54, 1.807) is 0 Å². The summed E-state index contributed by atoms with van der Waals surface area (Å²) in [6, 6.07) is 15.0. The van der Waals surface area contributed by atoms with E-state index in [1.807, 2.05) is 55.5 Å². The van der Waals surface area contributed by atoms with Gasteiger partial charge in [0.1, 0.15) is 0 Å². The van der Waals surface area contributed by atoms with Gasteiger partial charge >= 0.3 is 0 Å². The zero-order valence-electron chi connectivity index (χ0n) is 10.1. The maximum absolute atomic E-state index is 12.2. The summed E-state index contributed by atoms with van der Waals surface area (Å²) in [4.78, 5) is 12.2. The average molecular weight is 351 g/mol. The van der Waals surface area contributed by atoms with Crippen molar-refractivity contribution in [3.05, 3.63) is 68.8 Å². The van der Waals surface area contributed by atoms with E-state index in [0.717, 1.165) is 9.13 Å². The third-order valence-electron chi connectivity index (χ3n) is 2.81. The SMILES string of the molecule is CC(N)c1ccc(C(=O)c2ccc(I)cc2)cc1. The van der Waals surface area contributed by atoms with Crippen molar-refractivity contribution in [2.45, 2.75) is 13.0 Å². The highest BCUT2D eigenvalue weighted by molar-refractivity contribution is 14.1. The Morgan fingerprint density at radius 2 is 1.44 bits per heavy atom. The van der Waals surface area contributed by atoms with Gasteiger partial charge in [-0.1, -0.05) is 24.3 Å². The van der Waals surface area contributed by atoms with E-state index in [0.29, 0.717) is 11.1 Å². The van der Waals surface area contributed by atoms with E-state index in [1.165, 1.54) is 0 Å². The molecule has 0 amide bonds. The summed E-state index contributed by atoms with van der Waals surface area (Å²) in [5, 5.41) is 0. The Morgan fingerprint density at radius 3 is 1.89 bits per heavy atom. The van der Waals surface area contributed by atoms with Gasteiger partial charge in [-0.05, 0) is 59.3 Å². The van der Waals surface area contributed by atoms with Gasteiger partial charge in [0.2, 0.25) is 0 Å². The van der Waals surface area contributed by atoms with Gasteiger partial charge in [-0.15, -0.1) is 0 Å². The van der Waals surface area contributed by atoms with Crippen LogP contribution in [0.4, 0.5) is 0 Å². The predicted molar refractivity (Wildman–Crippen MR) is 81.6 cm³/mol. The number of hydrogen-bond donors (Lipinski definition) is 1. The van der Waals surface area contributed by atoms with E-state index in [4.69, 9.17) is 5.73 Å². The second-order valence-electron chi connectivity index (χ2n) is 4.25. The molecule has 2 aromatic carbocycles. The van der Waals surface area contributed by atoms with Crippen LogP contribution in [0.25, 0.3) is 0 Å². The number of carbonyl (C=O) groups is 1. The largest absolute Gasteiger partial charge is 0.324 e. The first-order chi connectivity index (χ1) is 8.58. The molecule has 0 fully saturated rings. The highest BCUT2D eigenvalue weighted by Crippen LogP contribution is 2.15. The molecular weight excluding hydrogens is 337 g/mol. The summed E-state index contributed by atoms with van der Waals surface area (Å²) in [6.45, 7) is 1.93. The highest BCUT2D eigenvalue weighted by Gasteiger charge is 2.09. The van der Waals surface area contributed by atoms with Crippen LogP contribution in [-0.4, -0.2) is 5.78 Å². The van der Waals surface area contributed by atoms with Crippen molar-refractivity contribution in [1.29, 1.82) is 0 Å². The summed E-state index contributed by atoms with van der Waals surface area (Å²) < 4.78 is 1.12. The molecule has 0 heterocycles. The molecule has 0 aliphatic rings. The fourth-order valence-corrected chi connectivity index (χ4v) is 2.07. The molecule has 18 heavy (non-hydrogen) atoms. The topological polar surface area (TPSA) is 43.1 Å². The molecule has 0 bridgehead atoms. The van der Waals surface area contributed by atoms with Gasteiger partial charge in [0.15, 0.2) is 5.78 Å². The molecule has 92 valence electrons. The maximum atomic E-state index is 12.2. The second kappa shape index (κ2) is 5.63. The maximum Gasteiger partial charge on any atom is 0.193 e. The van der Waals surface area contributed by atoms with Crippen molar-refractivity contribution in [1.82, 2.24) is 0 Å². The van der Waals surface area contributed by atoms with Gasteiger partial charge in [-0.25, -0.2) is 0 Å². The fourth-order valence-electron chi connectivity index (χ4n) is 1.71. The third-order valence-corrected chi connectivity index (χ3v) is 3.52. The molecule has 3 heteroatoms. The molecule has 0 saturated carbocycles. The lowest BCUT2D eigenvalue weighted by atomic mass is 10.0. The van der Waals surface area contributed by atoms with E-state index < -0.39 is 0 Å². The second-order valence-corrected chi connectivity index (χ2v) is 5.49. The van der Waals surface area contributed by atoms with Crippen LogP contribution in [0.1, 0.15) is 34.5 Å². The molecule has 2 rings (SSSR count). The van der Waals surface area contributed by atoms with Crippen LogP contribution in [0, 0.1) is 3.57 Å². The standard InChI is InChI=1S/C15H14INO/c1-10(17)11-2-4-12(5-3-11)15(18)13-6-8-14(16)9-7-13/h2-10H,17H2,1H3. The Labute approximate surface area is 120 Å². The number of carbonyl (C=O) groups excluding carboxylic acids is 1. The number of benzene rings is 2. The van der Waals surface area contributed by atoms with Crippen LogP contribution < -0.4 is 5.73 Å². The van der Waals surface area contributed by atoms with Crippen LogP contribution in [0.5, 0.6) is 0 Å². The smallest absolute Gasteiger partial charge is 0.193 e. The van der Waals surface area contributed by atoms with Gasteiger partial charge in [-0.2, -0.15) is 0 Å². The Balaban J connectivity index is 2.26. The molecule has 1 atom stereocenters. The molecule has 2 aromatic rings. The number of nitrogens with two attached hydrogens (primary N) is 1. The van der Waals surface area contributed by atoms with E-state index >= 15 is 0 Å². The van der Waals surface area contributed by atoms with E-state index in [2.05, 4.69) is 22.6 Å². The average Bonchev–Trinajstić information content (AvgIpc) is 2.39. The van der Waals surface area contributed by atoms with Crippen molar-refractivity contribution in [2.75, 3.05) is 0 Å². The molecule has 1 unspecified atom stereocenters. The minimum absolute atomic E-state index is 0.00699. The molecule has 0 saturated heterocycles. The minimum atomic E-state index is -0.00699. The third kappa shape index (κ3) is 2.97. The van der Waals surface area contributed by atoms with Crippen molar-refractivity contribution >= 4 is 28.4 Å². The molecule has 0 radical (unpaired) electrons. The Morgan fingerprint density at radius 1 is 1.00 bits per heavy atom. The van der Waals surface area contributed by atoms with Crippen molar-refractivity contribution in [2.24, 2.45) is 5.73 Å². The zero-order valence-corrected chi connectivity index (χ0v) is 12.2. The molecule has 2 nitrogen and oxygen atoms in total. The monoisotopic (exact) mass is 351 g/mol. The quantitative estimate of drug-likeness (QED) is 0.679. The number of hydrogen-bond acceptors (Lipinski definition) is 2. The summed E-state index contributed by atoms with van der Waals surface area (Å²) >= 11 is 2.22. The first-order valence-electron chi connectivity index (χ1n) is 5.74. The molecule has 0 aliphatic heterocycles. The van der Waals surface area contributed by atoms with Gasteiger partial charge in [0.25, 0.3) is 0 Å². The molecule has 0 aromatic heterocycles. The predicted octanol–water partition coefficient (Wildman–Crippen LogP) is 3.54. The van der Waals surface area contributed by atoms with Gasteiger partial charge in [0, 0.05) is 20.7 Å². The van der Waals surface area contributed by atoms with E-state index in [9.17, 15) is 4.79 Å². The van der Waals surface area contributed by atoms with Crippen molar-refractivity contribution < 1.29 is 4.79 Å². The lowest BCUT2D eigenvalue weighted by molar-refractivity contribution is 0.103. The van der Waals surface area contributed by atoms with Gasteiger partial charge in [0.05, 0.1) is 0 Å². The van der Waals surface area contributed by atoms with Crippen LogP contribution in [0.2, 0.25) is 0 Å². The lowest BCUT2D eigenvalue weighted by Gasteiger charge is -2.06. The first kappa shape index (κ1) is 13.2. The highest BCUT2D eigenvalue weighted by atomic mass is 127. The molecular formula is C15H14INO. The normalized spacial score (nSPS) is 12.2. The first-order valence-corrected chi connectivity index (χ1v) is 6.81. The van der Waals surface area contributed by atoms with Crippen molar-refractivity contribution in [3.8, 4) is 0 Å². The van der Waals surface area contributed by atoms with Crippen LogP contribution >= 0.6 is 22.6 Å². The summed E-state index contributed by atoms with van der Waals surface area (Å²) in [7, 11) is 0. The molecule has 0 aliphatic carbocycles. The minimum Gasteiger partial charge on any atom is -0.324 e. The van der Waals surface area contributed by atoms with Crippen molar-refractivity contribution in [3.63, 3.8) is 0 Å². The Hall–Kier alpha value is -1.20. The lowest BCUT2D eigenvalue weighted by Crippen LogP contribution is -2.06. The Kier molecular flexibility index (Phi) is 4.14. The van der Waals surface area contributed by atoms with Crippen LogP contribution in [0.15, 0.2) is 48.5 Å². The molecule has 0 spiro atoms. The van der Waals surface area contributed by atoms with Crippen LogP contribution in [0.3, 0.4) is 0 Å². The summed E-state index contributed by atoms with van der Waals surface area (Å²) in [5.41, 5.74) is 8.23.